The number of likely N-dealkylation sites (N-methyl/N-ethyl adjacent to an activating group) is 1. The molecule has 1 aromatic rings. The lowest BCUT2D eigenvalue weighted by Gasteiger charge is -2.57. The summed E-state index contributed by atoms with van der Waals surface area (Å²) in [6.45, 7) is 14.3. The lowest BCUT2D eigenvalue weighted by atomic mass is 9.51. The number of carbonyl (C=O) groups excluding carboxylic acids is 6. The van der Waals surface area contributed by atoms with E-state index in [2.05, 4.69) is 22.6 Å². The van der Waals surface area contributed by atoms with Gasteiger partial charge in [-0.3, -0.25) is 24.0 Å². The molecule has 54 heavy (non-hydrogen) atoms. The second-order valence-corrected chi connectivity index (χ2v) is 17.4. The molecule has 298 valence electrons. The van der Waals surface area contributed by atoms with Crippen LogP contribution < -0.4 is 15.4 Å². The third-order valence-corrected chi connectivity index (χ3v) is 11.2. The molecule has 13 nitrogen and oxygen atoms in total. The van der Waals surface area contributed by atoms with Gasteiger partial charge in [-0.15, -0.1) is 0 Å². The number of likely N-dealkylation sites (tertiary alicyclic amines) is 1. The van der Waals surface area contributed by atoms with Gasteiger partial charge in [-0.05, 0) is 125 Å². The van der Waals surface area contributed by atoms with Gasteiger partial charge < -0.3 is 34.6 Å². The van der Waals surface area contributed by atoms with Crippen LogP contribution in [0.2, 0.25) is 0 Å². The number of amides is 3. The molecule has 1 spiro atoms. The Bertz CT molecular complexity index is 1630. The van der Waals surface area contributed by atoms with E-state index in [0.29, 0.717) is 75.0 Å². The van der Waals surface area contributed by atoms with E-state index in [1.807, 2.05) is 19.1 Å². The highest BCUT2D eigenvalue weighted by atomic mass is 16.6. The van der Waals surface area contributed by atoms with E-state index in [9.17, 15) is 28.8 Å². The smallest absolute Gasteiger partial charge is 0.407 e. The van der Waals surface area contributed by atoms with E-state index < -0.39 is 47.7 Å². The van der Waals surface area contributed by atoms with E-state index in [1.54, 1.807) is 46.4 Å². The standard InChI is InChI=1S/C41H60N4O9/c1-9-45(37(50)26-16-15-25-23-29-27-17-18-31(47)36-41(27,19-22-44(29)8)34(25)35(26)52-36)21-12-14-30(46)28(43-32(48)24-33(49)53-39(2,3)4)13-10-11-20-42-38(51)54-40(5,6)7/h15-16,27-29,36H,9-14,17-24H2,1-8H3,(H,42,51)(H,43,48)/t27?,28-,29+,36-,41-/m0/s1. The third-order valence-electron chi connectivity index (χ3n) is 11.2. The van der Waals surface area contributed by atoms with Gasteiger partial charge >= 0.3 is 12.1 Å². The van der Waals surface area contributed by atoms with E-state index in [-0.39, 0.29) is 29.3 Å². The molecule has 5 atom stereocenters. The fourth-order valence-electron chi connectivity index (χ4n) is 8.94. The van der Waals surface area contributed by atoms with Gasteiger partial charge in [0.15, 0.2) is 17.7 Å². The van der Waals surface area contributed by atoms with E-state index in [1.165, 1.54) is 5.56 Å². The van der Waals surface area contributed by atoms with Crippen molar-refractivity contribution < 1.29 is 43.0 Å². The van der Waals surface area contributed by atoms with Crippen LogP contribution in [-0.2, 0) is 40.5 Å². The maximum absolute atomic E-state index is 14.2. The number of nitrogens with one attached hydrogen (secondary N) is 2. The number of nitrogens with zero attached hydrogens (tertiary/aromatic N) is 2. The van der Waals surface area contributed by atoms with Gasteiger partial charge in [-0.1, -0.05) is 6.07 Å². The zero-order valence-electron chi connectivity index (χ0n) is 33.4. The molecule has 5 rings (SSSR count). The molecular weight excluding hydrogens is 692 g/mol. The van der Waals surface area contributed by atoms with Gasteiger partial charge in [0.05, 0.1) is 11.6 Å². The quantitative estimate of drug-likeness (QED) is 0.147. The second kappa shape index (κ2) is 16.4. The zero-order chi connectivity index (χ0) is 39.6. The number of alkyl carbamates (subject to hydrolysis) is 1. The summed E-state index contributed by atoms with van der Waals surface area (Å²) in [6.07, 6.45) is 3.25. The highest BCUT2D eigenvalue weighted by molar-refractivity contribution is 6.00. The number of rotatable bonds is 15. The van der Waals surface area contributed by atoms with Gasteiger partial charge in [-0.2, -0.15) is 0 Å². The van der Waals surface area contributed by atoms with Crippen molar-refractivity contribution in [3.8, 4) is 5.75 Å². The van der Waals surface area contributed by atoms with Crippen LogP contribution >= 0.6 is 0 Å². The van der Waals surface area contributed by atoms with Crippen LogP contribution in [0.3, 0.4) is 0 Å². The average Bonchev–Trinajstić information content (AvgIpc) is 3.42. The monoisotopic (exact) mass is 752 g/mol. The number of carbonyl (C=O) groups is 6. The van der Waals surface area contributed by atoms with Crippen LogP contribution in [-0.4, -0.2) is 108 Å². The van der Waals surface area contributed by atoms with Gasteiger partial charge in [-0.25, -0.2) is 4.79 Å². The van der Waals surface area contributed by atoms with Crippen molar-refractivity contribution in [1.29, 1.82) is 0 Å². The van der Waals surface area contributed by atoms with E-state index in [0.717, 1.165) is 31.4 Å². The first kappa shape index (κ1) is 41.2. The summed E-state index contributed by atoms with van der Waals surface area (Å²) in [7, 11) is 2.17. The highest BCUT2D eigenvalue weighted by Crippen LogP contribution is 2.62. The Labute approximate surface area is 319 Å². The number of benzene rings is 1. The molecule has 0 radical (unpaired) electrons. The number of hydrogen-bond donors (Lipinski definition) is 2. The maximum Gasteiger partial charge on any atom is 0.407 e. The summed E-state index contributed by atoms with van der Waals surface area (Å²) in [5, 5.41) is 5.43. The van der Waals surface area contributed by atoms with Crippen molar-refractivity contribution in [2.75, 3.05) is 33.2 Å². The molecule has 0 aromatic heterocycles. The number of hydrogen-bond acceptors (Lipinski definition) is 10. The molecule has 2 N–H and O–H groups in total. The van der Waals surface area contributed by atoms with Crippen molar-refractivity contribution in [3.05, 3.63) is 28.8 Å². The summed E-state index contributed by atoms with van der Waals surface area (Å²) < 4.78 is 17.1. The molecule has 13 heteroatoms. The maximum atomic E-state index is 14.2. The molecule has 2 fully saturated rings. The van der Waals surface area contributed by atoms with E-state index in [4.69, 9.17) is 14.2 Å². The molecule has 2 bridgehead atoms. The summed E-state index contributed by atoms with van der Waals surface area (Å²) in [5.74, 6) is -0.710. The van der Waals surface area contributed by atoms with Gasteiger partial charge in [0, 0.05) is 49.5 Å². The van der Waals surface area contributed by atoms with Gasteiger partial charge in [0.2, 0.25) is 5.91 Å². The van der Waals surface area contributed by atoms with Crippen molar-refractivity contribution >= 4 is 35.4 Å². The van der Waals surface area contributed by atoms with Crippen LogP contribution in [0.15, 0.2) is 12.1 Å². The summed E-state index contributed by atoms with van der Waals surface area (Å²) in [4.78, 5) is 82.4. The Hall–Kier alpha value is -4.00. The minimum absolute atomic E-state index is 0.0984. The molecule has 3 amide bonds. The fraction of sp³-hybridized carbons (Fsp3) is 0.707. The van der Waals surface area contributed by atoms with Crippen molar-refractivity contribution in [2.45, 2.75) is 147 Å². The molecule has 1 aromatic carbocycles. The first-order valence-electron chi connectivity index (χ1n) is 19.7. The Morgan fingerprint density at radius 3 is 2.44 bits per heavy atom. The summed E-state index contributed by atoms with van der Waals surface area (Å²) in [6, 6.07) is 3.38. The number of esters is 1. The lowest BCUT2D eigenvalue weighted by molar-refractivity contribution is -0.156. The molecule has 4 aliphatic rings. The molecule has 1 saturated carbocycles. The molecular formula is C41H60N4O9. The average molecular weight is 753 g/mol. The van der Waals surface area contributed by atoms with Crippen LogP contribution in [0.25, 0.3) is 0 Å². The van der Waals surface area contributed by atoms with Crippen molar-refractivity contribution in [1.82, 2.24) is 20.4 Å². The van der Waals surface area contributed by atoms with Crippen LogP contribution in [0, 0.1) is 5.92 Å². The summed E-state index contributed by atoms with van der Waals surface area (Å²) >= 11 is 0. The number of ether oxygens (including phenoxy) is 3. The third kappa shape index (κ3) is 9.09. The van der Waals surface area contributed by atoms with Gasteiger partial charge in [0.1, 0.15) is 23.4 Å². The van der Waals surface area contributed by atoms with E-state index >= 15 is 0 Å². The number of unbranched alkanes of at least 4 members (excludes halogenated alkanes) is 1. The van der Waals surface area contributed by atoms with Crippen LogP contribution in [0.5, 0.6) is 5.75 Å². The SMILES string of the molecule is CCN(CCCC(=O)[C@H](CCCCNC(=O)OC(C)(C)C)NC(=O)CC(=O)OC(C)(C)C)C(=O)c1ccc2c3c1O[C@H]1C(=O)CCC4[C@@H](C2)N(C)CC[C@@]341. The van der Waals surface area contributed by atoms with Crippen LogP contribution in [0.1, 0.15) is 128 Å². The minimum Gasteiger partial charge on any atom is -0.481 e. The van der Waals surface area contributed by atoms with Crippen molar-refractivity contribution in [3.63, 3.8) is 0 Å². The fourth-order valence-corrected chi connectivity index (χ4v) is 8.94. The number of ketones is 2. The largest absolute Gasteiger partial charge is 0.481 e. The molecule has 1 unspecified atom stereocenters. The molecule has 2 heterocycles. The minimum atomic E-state index is -0.853. The highest BCUT2D eigenvalue weighted by Gasteiger charge is 2.65. The normalized spacial score (nSPS) is 23.4. The Balaban J connectivity index is 1.22. The first-order chi connectivity index (χ1) is 25.3. The number of piperidine rings is 1. The predicted molar refractivity (Wildman–Crippen MR) is 201 cm³/mol. The first-order valence-corrected chi connectivity index (χ1v) is 19.7. The zero-order valence-corrected chi connectivity index (χ0v) is 33.4. The topological polar surface area (TPSA) is 161 Å². The number of Topliss-reactive ketones (excluding diaryl/α,β-unsaturated/α-hetero) is 2. The predicted octanol–water partition coefficient (Wildman–Crippen LogP) is 4.65. The Kier molecular flexibility index (Phi) is 12.5. The Morgan fingerprint density at radius 1 is 1.04 bits per heavy atom. The second-order valence-electron chi connectivity index (χ2n) is 17.4. The molecule has 1 saturated heterocycles. The molecule has 2 aliphatic heterocycles. The summed E-state index contributed by atoms with van der Waals surface area (Å²) in [5.41, 5.74) is 0.931. The molecule has 2 aliphatic carbocycles. The lowest BCUT2D eigenvalue weighted by Crippen LogP contribution is -2.65. The Morgan fingerprint density at radius 2 is 1.76 bits per heavy atom. The van der Waals surface area contributed by atoms with Crippen molar-refractivity contribution in [2.24, 2.45) is 5.92 Å². The van der Waals surface area contributed by atoms with Gasteiger partial charge in [0.25, 0.3) is 5.91 Å². The van der Waals surface area contributed by atoms with Crippen LogP contribution in [0.4, 0.5) is 4.79 Å².